The van der Waals surface area contributed by atoms with Crippen LogP contribution in [-0.4, -0.2) is 24.5 Å². The number of rotatable bonds is 8. The first kappa shape index (κ1) is 25.1. The molecule has 0 saturated heterocycles. The van der Waals surface area contributed by atoms with E-state index in [4.69, 9.17) is 13.9 Å². The lowest BCUT2D eigenvalue weighted by atomic mass is 10.1. The van der Waals surface area contributed by atoms with Crippen LogP contribution in [0.5, 0.6) is 11.5 Å². The molecule has 2 aromatic heterocycles. The lowest BCUT2D eigenvalue weighted by Gasteiger charge is -2.11. The molecule has 5 rings (SSSR count). The van der Waals surface area contributed by atoms with Gasteiger partial charge in [-0.25, -0.2) is 0 Å². The van der Waals surface area contributed by atoms with E-state index in [2.05, 4.69) is 42.2 Å². The number of hydrogen-bond acceptors (Lipinski definition) is 5. The van der Waals surface area contributed by atoms with Crippen LogP contribution in [0.2, 0.25) is 0 Å². The number of carbonyl (C=O) groups is 1. The average Bonchev–Trinajstić information content (AvgIpc) is 3.30. The Morgan fingerprint density at radius 3 is 2.73 bits per heavy atom. The highest BCUT2D eigenvalue weighted by molar-refractivity contribution is 9.11. The average molecular weight is 626 g/mol. The van der Waals surface area contributed by atoms with Crippen LogP contribution < -0.4 is 20.2 Å². The molecule has 0 unspecified atom stereocenters. The van der Waals surface area contributed by atoms with E-state index in [9.17, 15) is 9.59 Å². The van der Waals surface area contributed by atoms with E-state index in [1.54, 1.807) is 25.3 Å². The quantitative estimate of drug-likeness (QED) is 0.209. The maximum absolute atomic E-state index is 13.0. The van der Waals surface area contributed by atoms with Gasteiger partial charge in [-0.05, 0) is 54.4 Å². The van der Waals surface area contributed by atoms with Crippen molar-refractivity contribution in [2.75, 3.05) is 13.7 Å². The summed E-state index contributed by atoms with van der Waals surface area (Å²) in [5.41, 5.74) is 2.91. The zero-order valence-electron chi connectivity index (χ0n) is 19.8. The van der Waals surface area contributed by atoms with Gasteiger partial charge >= 0.3 is 0 Å². The molecule has 0 aliphatic carbocycles. The third kappa shape index (κ3) is 5.42. The monoisotopic (exact) mass is 624 g/mol. The number of hydrogen-bond donors (Lipinski definition) is 2. The summed E-state index contributed by atoms with van der Waals surface area (Å²) in [5.74, 6) is 0.651. The summed E-state index contributed by atoms with van der Waals surface area (Å²) in [6.45, 7) is 0.629. The Bertz CT molecular complexity index is 1680. The van der Waals surface area contributed by atoms with E-state index in [1.165, 1.54) is 6.07 Å². The van der Waals surface area contributed by atoms with Crippen molar-refractivity contribution in [3.63, 3.8) is 0 Å². The number of halogens is 2. The van der Waals surface area contributed by atoms with E-state index in [-0.39, 0.29) is 23.4 Å². The summed E-state index contributed by atoms with van der Waals surface area (Å²) < 4.78 is 18.9. The smallest absolute Gasteiger partial charge is 0.287 e. The number of amides is 1. The van der Waals surface area contributed by atoms with Crippen molar-refractivity contribution in [1.82, 2.24) is 10.3 Å². The van der Waals surface area contributed by atoms with Crippen molar-refractivity contribution in [2.45, 2.75) is 13.0 Å². The van der Waals surface area contributed by atoms with Gasteiger partial charge in [0.15, 0.2) is 11.2 Å². The van der Waals surface area contributed by atoms with Crippen molar-refractivity contribution in [1.29, 1.82) is 0 Å². The molecule has 0 radical (unpaired) electrons. The first-order valence-electron chi connectivity index (χ1n) is 11.5. The maximum Gasteiger partial charge on any atom is 0.287 e. The van der Waals surface area contributed by atoms with Crippen molar-refractivity contribution in [3.8, 4) is 11.5 Å². The maximum atomic E-state index is 13.0. The van der Waals surface area contributed by atoms with E-state index in [0.717, 1.165) is 36.7 Å². The number of aromatic nitrogens is 1. The largest absolute Gasteiger partial charge is 0.497 e. The lowest BCUT2D eigenvalue weighted by molar-refractivity contribution is 0.0927. The van der Waals surface area contributed by atoms with Crippen LogP contribution in [-0.2, 0) is 13.0 Å². The third-order valence-electron chi connectivity index (χ3n) is 5.99. The third-order valence-corrected chi connectivity index (χ3v) is 7.22. The standard InChI is InChI=1S/C28H22Br2N2O5/c1-35-19-7-8-22-20(12-19)16(14-32-22)9-10-31-28(34)26-13-23(33)27-24(3-2-4-25(27)37-26)36-15-17-5-6-18(29)11-21(17)30/h2-8,11-14,32H,9-10,15H2,1H3,(H,31,34). The number of benzene rings is 3. The molecule has 0 bridgehead atoms. The van der Waals surface area contributed by atoms with E-state index in [1.807, 2.05) is 42.6 Å². The number of fused-ring (bicyclic) bond motifs is 2. The van der Waals surface area contributed by atoms with Gasteiger partial charge in [0.2, 0.25) is 0 Å². The molecule has 9 heteroatoms. The van der Waals surface area contributed by atoms with E-state index >= 15 is 0 Å². The minimum Gasteiger partial charge on any atom is -0.497 e. The highest BCUT2D eigenvalue weighted by Gasteiger charge is 2.16. The number of methoxy groups -OCH3 is 1. The molecule has 37 heavy (non-hydrogen) atoms. The fraction of sp³-hybridized carbons (Fsp3) is 0.143. The molecule has 0 spiro atoms. The molecule has 188 valence electrons. The van der Waals surface area contributed by atoms with Crippen LogP contribution in [0, 0.1) is 0 Å². The normalized spacial score (nSPS) is 11.1. The van der Waals surface area contributed by atoms with Gasteiger partial charge in [0, 0.05) is 44.2 Å². The number of aromatic amines is 1. The first-order chi connectivity index (χ1) is 17.9. The van der Waals surface area contributed by atoms with Crippen molar-refractivity contribution >= 4 is 59.6 Å². The Kier molecular flexibility index (Phi) is 7.34. The minimum absolute atomic E-state index is 0.0501. The van der Waals surface area contributed by atoms with Crippen LogP contribution >= 0.6 is 31.9 Å². The van der Waals surface area contributed by atoms with Crippen molar-refractivity contribution in [3.05, 3.63) is 103 Å². The second-order valence-electron chi connectivity index (χ2n) is 8.36. The van der Waals surface area contributed by atoms with E-state index in [0.29, 0.717) is 24.1 Å². The molecule has 3 aromatic carbocycles. The zero-order valence-corrected chi connectivity index (χ0v) is 22.9. The Hall–Kier alpha value is -3.56. The highest BCUT2D eigenvalue weighted by atomic mass is 79.9. The Balaban J connectivity index is 1.29. The fourth-order valence-electron chi connectivity index (χ4n) is 4.09. The van der Waals surface area contributed by atoms with Crippen molar-refractivity contribution in [2.24, 2.45) is 0 Å². The molecule has 0 aliphatic rings. The van der Waals surface area contributed by atoms with Crippen LogP contribution in [0.4, 0.5) is 0 Å². The molecule has 0 aliphatic heterocycles. The Labute approximate surface area is 229 Å². The number of H-pyrrole nitrogens is 1. The van der Waals surface area contributed by atoms with Gasteiger partial charge in [-0.3, -0.25) is 9.59 Å². The van der Waals surface area contributed by atoms with Gasteiger partial charge in [-0.1, -0.05) is 44.0 Å². The van der Waals surface area contributed by atoms with Crippen LogP contribution in [0.1, 0.15) is 21.7 Å². The number of nitrogens with one attached hydrogen (secondary N) is 2. The Morgan fingerprint density at radius 1 is 1.05 bits per heavy atom. The van der Waals surface area contributed by atoms with Gasteiger partial charge in [-0.2, -0.15) is 0 Å². The second kappa shape index (κ2) is 10.8. The molecule has 5 aromatic rings. The minimum atomic E-state index is -0.457. The van der Waals surface area contributed by atoms with Crippen LogP contribution in [0.25, 0.3) is 21.9 Å². The second-order valence-corrected chi connectivity index (χ2v) is 10.1. The molecule has 1 amide bonds. The molecule has 2 N–H and O–H groups in total. The summed E-state index contributed by atoms with van der Waals surface area (Å²) in [6.07, 6.45) is 2.51. The molecular formula is C28H22Br2N2O5. The zero-order chi connectivity index (χ0) is 25.9. The molecule has 0 fully saturated rings. The van der Waals surface area contributed by atoms with E-state index < -0.39 is 5.91 Å². The first-order valence-corrected chi connectivity index (χ1v) is 13.1. The molecule has 0 saturated carbocycles. The topological polar surface area (TPSA) is 93.6 Å². The molecule has 7 nitrogen and oxygen atoms in total. The van der Waals surface area contributed by atoms with Gasteiger partial charge in [0.05, 0.1) is 7.11 Å². The summed E-state index contributed by atoms with van der Waals surface area (Å²) in [5, 5.41) is 4.16. The molecule has 0 atom stereocenters. The predicted molar refractivity (Wildman–Crippen MR) is 150 cm³/mol. The summed E-state index contributed by atoms with van der Waals surface area (Å²) in [7, 11) is 1.63. The van der Waals surface area contributed by atoms with Crippen LogP contribution in [0.3, 0.4) is 0 Å². The summed E-state index contributed by atoms with van der Waals surface area (Å²) >= 11 is 6.95. The van der Waals surface area contributed by atoms with Gasteiger partial charge in [-0.15, -0.1) is 0 Å². The number of ether oxygens (including phenoxy) is 2. The Morgan fingerprint density at radius 2 is 1.92 bits per heavy atom. The number of carbonyl (C=O) groups excluding carboxylic acids is 1. The van der Waals surface area contributed by atoms with Gasteiger partial charge < -0.3 is 24.2 Å². The fourth-order valence-corrected chi connectivity index (χ4v) is 5.26. The van der Waals surface area contributed by atoms with Crippen LogP contribution in [0.15, 0.2) is 85.0 Å². The molecule has 2 heterocycles. The predicted octanol–water partition coefficient (Wildman–Crippen LogP) is 6.36. The summed E-state index contributed by atoms with van der Waals surface area (Å²) in [6, 6.07) is 17.9. The summed E-state index contributed by atoms with van der Waals surface area (Å²) in [4.78, 5) is 29.0. The van der Waals surface area contributed by atoms with Crippen molar-refractivity contribution < 1.29 is 18.7 Å². The molecular weight excluding hydrogens is 604 g/mol. The van der Waals surface area contributed by atoms with Gasteiger partial charge in [0.1, 0.15) is 29.1 Å². The lowest BCUT2D eigenvalue weighted by Crippen LogP contribution is -2.26. The van der Waals surface area contributed by atoms with Gasteiger partial charge in [0.25, 0.3) is 5.91 Å². The highest BCUT2D eigenvalue weighted by Crippen LogP contribution is 2.27. The SMILES string of the molecule is COc1ccc2[nH]cc(CCNC(=O)c3cc(=O)c4c(OCc5ccc(Br)cc5Br)cccc4o3)c2c1.